The van der Waals surface area contributed by atoms with Crippen molar-refractivity contribution >= 4 is 34.1 Å². The quantitative estimate of drug-likeness (QED) is 0.732. The van der Waals surface area contributed by atoms with Crippen LogP contribution >= 0.6 is 23.2 Å². The number of rotatable bonds is 3. The molecule has 1 aliphatic rings. The zero-order chi connectivity index (χ0) is 17.2. The van der Waals surface area contributed by atoms with Crippen LogP contribution in [0.3, 0.4) is 0 Å². The summed E-state index contributed by atoms with van der Waals surface area (Å²) in [5.74, 6) is 0. The molecule has 1 unspecified atom stereocenters. The first-order valence-corrected chi connectivity index (χ1v) is 9.23. The molecule has 0 spiro atoms. The molecule has 128 valence electrons. The van der Waals surface area contributed by atoms with Crippen LogP contribution in [0.25, 0.3) is 10.9 Å². The summed E-state index contributed by atoms with van der Waals surface area (Å²) in [5.41, 5.74) is 3.18. The maximum atomic E-state index is 6.30. The van der Waals surface area contributed by atoms with Gasteiger partial charge in [0.05, 0.1) is 27.3 Å². The van der Waals surface area contributed by atoms with Gasteiger partial charge in [-0.3, -0.25) is 9.88 Å². The van der Waals surface area contributed by atoms with Crippen LogP contribution in [0.15, 0.2) is 54.6 Å². The topological polar surface area (TPSA) is 28.2 Å². The minimum absolute atomic E-state index is 0.0708. The Labute approximate surface area is 157 Å². The first-order chi connectivity index (χ1) is 12.2. The number of nitrogens with zero attached hydrogens (tertiary/aromatic N) is 2. The van der Waals surface area contributed by atoms with Crippen molar-refractivity contribution in [1.29, 1.82) is 0 Å². The number of hydrogen-bond donors (Lipinski definition) is 1. The Bertz CT molecular complexity index is 891. The van der Waals surface area contributed by atoms with Gasteiger partial charge in [-0.2, -0.15) is 0 Å². The average Bonchev–Trinajstić information content (AvgIpc) is 2.66. The van der Waals surface area contributed by atoms with Gasteiger partial charge in [0, 0.05) is 31.6 Å². The molecule has 1 fully saturated rings. The van der Waals surface area contributed by atoms with Gasteiger partial charge in [0.2, 0.25) is 0 Å². The SMILES string of the molecule is Clc1ccc(C(c2ccc3ccccc3n2)N2CCNCC2)cc1Cl. The molecule has 4 rings (SSSR count). The lowest BCUT2D eigenvalue weighted by Gasteiger charge is -2.35. The lowest BCUT2D eigenvalue weighted by molar-refractivity contribution is 0.196. The molecule has 2 aromatic carbocycles. The fourth-order valence-electron chi connectivity index (χ4n) is 3.43. The standard InChI is InChI=1S/C20H19Cl2N3/c21-16-7-5-15(13-17(16)22)20(25-11-9-23-10-12-25)19-8-6-14-3-1-2-4-18(14)24-19/h1-8,13,20,23H,9-12H2. The first-order valence-electron chi connectivity index (χ1n) is 8.48. The molecule has 5 heteroatoms. The second-order valence-corrected chi connectivity index (χ2v) is 7.11. The summed E-state index contributed by atoms with van der Waals surface area (Å²) in [6.45, 7) is 3.90. The van der Waals surface area contributed by atoms with Crippen molar-refractivity contribution in [3.8, 4) is 0 Å². The smallest absolute Gasteiger partial charge is 0.0778 e. The van der Waals surface area contributed by atoms with Crippen molar-refractivity contribution in [2.24, 2.45) is 0 Å². The van der Waals surface area contributed by atoms with E-state index in [4.69, 9.17) is 28.2 Å². The molecular formula is C20H19Cl2N3. The van der Waals surface area contributed by atoms with Crippen LogP contribution in [0, 0.1) is 0 Å². The molecular weight excluding hydrogens is 353 g/mol. The number of para-hydroxylation sites is 1. The van der Waals surface area contributed by atoms with Gasteiger partial charge in [-0.05, 0) is 29.8 Å². The summed E-state index contributed by atoms with van der Waals surface area (Å²) in [6, 6.07) is 18.4. The predicted molar refractivity (Wildman–Crippen MR) is 104 cm³/mol. The maximum Gasteiger partial charge on any atom is 0.0778 e. The van der Waals surface area contributed by atoms with Gasteiger partial charge in [-0.1, -0.05) is 53.5 Å². The number of halogens is 2. The number of fused-ring (bicyclic) bond motifs is 1. The number of hydrogen-bond acceptors (Lipinski definition) is 3. The second kappa shape index (κ2) is 7.30. The van der Waals surface area contributed by atoms with Crippen LogP contribution in [0.5, 0.6) is 0 Å². The van der Waals surface area contributed by atoms with Gasteiger partial charge in [-0.25, -0.2) is 0 Å². The van der Waals surface area contributed by atoms with Crippen LogP contribution < -0.4 is 5.32 Å². The van der Waals surface area contributed by atoms with E-state index in [0.717, 1.165) is 48.3 Å². The minimum atomic E-state index is 0.0708. The van der Waals surface area contributed by atoms with Gasteiger partial charge in [-0.15, -0.1) is 0 Å². The van der Waals surface area contributed by atoms with E-state index >= 15 is 0 Å². The minimum Gasteiger partial charge on any atom is -0.314 e. The predicted octanol–water partition coefficient (Wildman–Crippen LogP) is 4.54. The van der Waals surface area contributed by atoms with E-state index in [1.54, 1.807) is 0 Å². The molecule has 0 aliphatic carbocycles. The fraction of sp³-hybridized carbons (Fsp3) is 0.250. The lowest BCUT2D eigenvalue weighted by Crippen LogP contribution is -2.45. The van der Waals surface area contributed by atoms with E-state index in [-0.39, 0.29) is 6.04 Å². The van der Waals surface area contributed by atoms with Gasteiger partial charge in [0.1, 0.15) is 0 Å². The van der Waals surface area contributed by atoms with Crippen LogP contribution in [0.2, 0.25) is 10.0 Å². The van der Waals surface area contributed by atoms with Crippen LogP contribution in [-0.4, -0.2) is 36.1 Å². The summed E-state index contributed by atoms with van der Waals surface area (Å²) < 4.78 is 0. The highest BCUT2D eigenvalue weighted by molar-refractivity contribution is 6.42. The molecule has 1 N–H and O–H groups in total. The Balaban J connectivity index is 1.81. The number of nitrogens with one attached hydrogen (secondary N) is 1. The number of aromatic nitrogens is 1. The molecule has 0 saturated carbocycles. The normalized spacial score (nSPS) is 16.9. The number of piperazine rings is 1. The molecule has 0 radical (unpaired) electrons. The first kappa shape index (κ1) is 16.8. The van der Waals surface area contributed by atoms with Crippen molar-refractivity contribution in [1.82, 2.24) is 15.2 Å². The van der Waals surface area contributed by atoms with Gasteiger partial charge in [0.15, 0.2) is 0 Å². The highest BCUT2D eigenvalue weighted by Gasteiger charge is 2.25. The molecule has 1 aromatic heterocycles. The van der Waals surface area contributed by atoms with Crippen molar-refractivity contribution in [3.63, 3.8) is 0 Å². The Hall–Kier alpha value is -1.65. The van der Waals surface area contributed by atoms with Crippen molar-refractivity contribution in [2.45, 2.75) is 6.04 Å². The maximum absolute atomic E-state index is 6.30. The summed E-state index contributed by atoms with van der Waals surface area (Å²) in [7, 11) is 0. The van der Waals surface area contributed by atoms with E-state index in [1.165, 1.54) is 0 Å². The largest absolute Gasteiger partial charge is 0.314 e. The second-order valence-electron chi connectivity index (χ2n) is 6.29. The fourth-order valence-corrected chi connectivity index (χ4v) is 3.73. The Morgan fingerprint density at radius 2 is 1.72 bits per heavy atom. The third-order valence-electron chi connectivity index (χ3n) is 4.68. The lowest BCUT2D eigenvalue weighted by atomic mass is 9.99. The average molecular weight is 372 g/mol. The van der Waals surface area contributed by atoms with Crippen molar-refractivity contribution in [2.75, 3.05) is 26.2 Å². The summed E-state index contributed by atoms with van der Waals surface area (Å²) >= 11 is 12.4. The number of pyridine rings is 1. The zero-order valence-corrected chi connectivity index (χ0v) is 15.3. The van der Waals surface area contributed by atoms with Gasteiger partial charge < -0.3 is 5.32 Å². The van der Waals surface area contributed by atoms with E-state index in [9.17, 15) is 0 Å². The summed E-state index contributed by atoms with van der Waals surface area (Å²) in [4.78, 5) is 7.39. The van der Waals surface area contributed by atoms with E-state index in [2.05, 4.69) is 40.5 Å². The Morgan fingerprint density at radius 1 is 0.920 bits per heavy atom. The van der Waals surface area contributed by atoms with E-state index in [0.29, 0.717) is 10.0 Å². The molecule has 0 amide bonds. The molecule has 2 heterocycles. The monoisotopic (exact) mass is 371 g/mol. The molecule has 1 saturated heterocycles. The molecule has 1 aliphatic heterocycles. The number of benzene rings is 2. The molecule has 0 bridgehead atoms. The summed E-state index contributed by atoms with van der Waals surface area (Å²) in [5, 5.41) is 5.73. The van der Waals surface area contributed by atoms with Crippen LogP contribution in [0.4, 0.5) is 0 Å². The Morgan fingerprint density at radius 3 is 2.52 bits per heavy atom. The third-order valence-corrected chi connectivity index (χ3v) is 5.42. The highest BCUT2D eigenvalue weighted by atomic mass is 35.5. The Kier molecular flexibility index (Phi) is 4.91. The van der Waals surface area contributed by atoms with E-state index in [1.807, 2.05) is 24.3 Å². The summed E-state index contributed by atoms with van der Waals surface area (Å²) in [6.07, 6.45) is 0. The molecule has 3 nitrogen and oxygen atoms in total. The van der Waals surface area contributed by atoms with Crippen LogP contribution in [-0.2, 0) is 0 Å². The molecule has 1 atom stereocenters. The van der Waals surface area contributed by atoms with E-state index < -0.39 is 0 Å². The molecule has 25 heavy (non-hydrogen) atoms. The van der Waals surface area contributed by atoms with Crippen molar-refractivity contribution in [3.05, 3.63) is 75.9 Å². The zero-order valence-electron chi connectivity index (χ0n) is 13.8. The van der Waals surface area contributed by atoms with Gasteiger partial charge in [0.25, 0.3) is 0 Å². The van der Waals surface area contributed by atoms with Crippen molar-refractivity contribution < 1.29 is 0 Å². The van der Waals surface area contributed by atoms with Gasteiger partial charge >= 0.3 is 0 Å². The third kappa shape index (κ3) is 3.51. The highest BCUT2D eigenvalue weighted by Crippen LogP contribution is 2.33. The van der Waals surface area contributed by atoms with Crippen LogP contribution in [0.1, 0.15) is 17.3 Å². The molecule has 3 aromatic rings.